The minimum absolute atomic E-state index is 0.0658. The van der Waals surface area contributed by atoms with E-state index in [-0.39, 0.29) is 29.9 Å². The summed E-state index contributed by atoms with van der Waals surface area (Å²) in [7, 11) is 3.08. The molecule has 11 nitrogen and oxygen atoms in total. The Morgan fingerprint density at radius 2 is 1.83 bits per heavy atom. The van der Waals surface area contributed by atoms with Crippen molar-refractivity contribution >= 4 is 39.8 Å². The number of halogens is 2. The molecule has 2 aliphatic rings. The Morgan fingerprint density at radius 3 is 2.54 bits per heavy atom. The fourth-order valence-electron chi connectivity index (χ4n) is 5.76. The maximum absolute atomic E-state index is 15.4. The van der Waals surface area contributed by atoms with Crippen LogP contribution in [-0.4, -0.2) is 84.5 Å². The van der Waals surface area contributed by atoms with Crippen molar-refractivity contribution < 1.29 is 27.8 Å². The normalized spacial score (nSPS) is 18.4. The van der Waals surface area contributed by atoms with E-state index in [1.165, 1.54) is 25.6 Å². The zero-order valence-electron chi connectivity index (χ0n) is 25.6. The van der Waals surface area contributed by atoms with Gasteiger partial charge < -0.3 is 34.6 Å². The summed E-state index contributed by atoms with van der Waals surface area (Å²) in [6.45, 7) is 5.38. The van der Waals surface area contributed by atoms with Crippen molar-refractivity contribution in [1.82, 2.24) is 19.9 Å². The number of aromatic nitrogens is 3. The largest absolute Gasteiger partial charge is 0.495 e. The molecule has 2 aliphatic heterocycles. The predicted octanol–water partition coefficient (Wildman–Crippen LogP) is 5.47. The maximum Gasteiger partial charge on any atom is 0.245 e. The van der Waals surface area contributed by atoms with Gasteiger partial charge in [-0.15, -0.1) is 0 Å². The molecule has 0 bridgehead atoms. The van der Waals surface area contributed by atoms with E-state index in [0.29, 0.717) is 53.7 Å². The van der Waals surface area contributed by atoms with Gasteiger partial charge in [0.25, 0.3) is 0 Å². The van der Waals surface area contributed by atoms with Crippen LogP contribution < -0.4 is 25.0 Å². The van der Waals surface area contributed by atoms with E-state index < -0.39 is 18.1 Å². The minimum atomic E-state index is -1.11. The van der Waals surface area contributed by atoms with Crippen molar-refractivity contribution in [3.05, 3.63) is 73.5 Å². The highest BCUT2D eigenvalue weighted by Crippen LogP contribution is 2.35. The number of nitrogens with zero attached hydrogens (tertiary/aromatic N) is 5. The number of carbonyl (C=O) groups is 1. The van der Waals surface area contributed by atoms with Crippen molar-refractivity contribution in [2.45, 2.75) is 31.2 Å². The number of hydrogen-bond acceptors (Lipinski definition) is 10. The zero-order chi connectivity index (χ0) is 32.2. The number of likely N-dealkylation sites (tertiary alicyclic amines) is 1. The average Bonchev–Trinajstić information content (AvgIpc) is 3.46. The Bertz CT molecular complexity index is 1730. The first-order valence-electron chi connectivity index (χ1n) is 15.0. The first kappa shape index (κ1) is 31.0. The van der Waals surface area contributed by atoms with Crippen LogP contribution in [0.1, 0.15) is 12.8 Å². The molecule has 2 aromatic carbocycles. The van der Waals surface area contributed by atoms with Crippen LogP contribution in [0.15, 0.2) is 67.6 Å². The highest BCUT2D eigenvalue weighted by molar-refractivity contribution is 5.95. The SMILES string of the molecule is C=CC(=O)N1CCC(Nc2cc3c(Nc4ccc(Oc5ccnc(N6C[C@@H](F)[C@H](OC)C6)c5)cc4F)ncnc3cc2OC)CC1. The molecule has 2 saturated heterocycles. The standard InChI is InChI=1S/C33H35F2N7O4/c1-4-32(43)41-11-8-20(9-12-41)39-28-15-23-27(16-29(28)44-2)37-19-38-33(23)40-26-6-5-21(13-24(26)34)46-22-7-10-36-31(14-22)42-17-25(35)30(18-42)45-3/h4-7,10,13-16,19-20,25,30,39H,1,8-9,11-12,17-18H2,2-3H3,(H,37,38,40)/t25-,30-/m1/s1. The van der Waals surface area contributed by atoms with E-state index in [1.54, 1.807) is 47.4 Å². The van der Waals surface area contributed by atoms with E-state index in [2.05, 4.69) is 32.2 Å². The number of fused-ring (bicyclic) bond motifs is 1. The second-order valence-electron chi connectivity index (χ2n) is 11.2. The third-order valence-electron chi connectivity index (χ3n) is 8.27. The van der Waals surface area contributed by atoms with Gasteiger partial charge in [0.1, 0.15) is 53.3 Å². The number of piperidine rings is 1. The molecule has 13 heteroatoms. The van der Waals surface area contributed by atoms with Gasteiger partial charge in [0.2, 0.25) is 5.91 Å². The summed E-state index contributed by atoms with van der Waals surface area (Å²) < 4.78 is 46.3. The van der Waals surface area contributed by atoms with Crippen LogP contribution in [-0.2, 0) is 9.53 Å². The Balaban J connectivity index is 1.17. The lowest BCUT2D eigenvalue weighted by Gasteiger charge is -2.32. The molecule has 2 N–H and O–H groups in total. The monoisotopic (exact) mass is 631 g/mol. The van der Waals surface area contributed by atoms with Gasteiger partial charge in [-0.05, 0) is 43.2 Å². The summed E-state index contributed by atoms with van der Waals surface area (Å²) in [4.78, 5) is 28.7. The third-order valence-corrected chi connectivity index (χ3v) is 8.27. The van der Waals surface area contributed by atoms with Gasteiger partial charge in [-0.1, -0.05) is 6.58 Å². The van der Waals surface area contributed by atoms with Gasteiger partial charge in [-0.2, -0.15) is 0 Å². The minimum Gasteiger partial charge on any atom is -0.495 e. The second-order valence-corrected chi connectivity index (χ2v) is 11.2. The molecular weight excluding hydrogens is 596 g/mol. The van der Waals surface area contributed by atoms with Crippen LogP contribution in [0.4, 0.5) is 31.8 Å². The molecular formula is C33H35F2N7O4. The molecule has 2 atom stereocenters. The fourth-order valence-corrected chi connectivity index (χ4v) is 5.76. The number of anilines is 4. The molecule has 46 heavy (non-hydrogen) atoms. The van der Waals surface area contributed by atoms with Crippen LogP contribution in [0.2, 0.25) is 0 Å². The van der Waals surface area contributed by atoms with E-state index in [9.17, 15) is 9.18 Å². The Kier molecular flexibility index (Phi) is 9.11. The highest BCUT2D eigenvalue weighted by Gasteiger charge is 2.33. The molecule has 0 radical (unpaired) electrons. The fraction of sp³-hybridized carbons (Fsp3) is 0.333. The predicted molar refractivity (Wildman–Crippen MR) is 171 cm³/mol. The number of alkyl halides is 1. The molecule has 6 rings (SSSR count). The van der Waals surface area contributed by atoms with Gasteiger partial charge in [-0.3, -0.25) is 4.79 Å². The third kappa shape index (κ3) is 6.64. The number of nitrogens with one attached hydrogen (secondary N) is 2. The maximum atomic E-state index is 15.4. The smallest absolute Gasteiger partial charge is 0.245 e. The van der Waals surface area contributed by atoms with Crippen LogP contribution in [0.5, 0.6) is 17.2 Å². The lowest BCUT2D eigenvalue weighted by atomic mass is 10.0. The van der Waals surface area contributed by atoms with Crippen molar-refractivity contribution in [1.29, 1.82) is 0 Å². The van der Waals surface area contributed by atoms with E-state index in [1.807, 2.05) is 12.1 Å². The Morgan fingerprint density at radius 1 is 1.02 bits per heavy atom. The molecule has 0 aliphatic carbocycles. The first-order valence-corrected chi connectivity index (χ1v) is 15.0. The Labute approximate surface area is 265 Å². The molecule has 0 saturated carbocycles. The molecule has 2 fully saturated rings. The number of amides is 1. The van der Waals surface area contributed by atoms with Crippen LogP contribution in [0.25, 0.3) is 10.9 Å². The van der Waals surface area contributed by atoms with Crippen LogP contribution >= 0.6 is 0 Å². The zero-order valence-corrected chi connectivity index (χ0v) is 25.6. The van der Waals surface area contributed by atoms with E-state index >= 15 is 4.39 Å². The summed E-state index contributed by atoms with van der Waals surface area (Å²) in [5, 5.41) is 7.30. The molecule has 0 unspecified atom stereocenters. The van der Waals surface area contributed by atoms with Crippen molar-refractivity contribution in [2.75, 3.05) is 55.9 Å². The van der Waals surface area contributed by atoms with E-state index in [4.69, 9.17) is 14.2 Å². The second kappa shape index (κ2) is 13.5. The molecule has 240 valence electrons. The summed E-state index contributed by atoms with van der Waals surface area (Å²) in [6.07, 6.45) is 4.21. The van der Waals surface area contributed by atoms with Gasteiger partial charge >= 0.3 is 0 Å². The van der Waals surface area contributed by atoms with Crippen LogP contribution in [0, 0.1) is 5.82 Å². The molecule has 1 amide bonds. The van der Waals surface area contributed by atoms with E-state index in [0.717, 1.165) is 18.5 Å². The summed E-state index contributed by atoms with van der Waals surface area (Å²) in [5.74, 6) is 1.69. The number of benzene rings is 2. The summed E-state index contributed by atoms with van der Waals surface area (Å²) >= 11 is 0. The van der Waals surface area contributed by atoms with Gasteiger partial charge in [0.15, 0.2) is 0 Å². The highest BCUT2D eigenvalue weighted by atomic mass is 19.1. The number of hydrogen-bond donors (Lipinski definition) is 2. The summed E-state index contributed by atoms with van der Waals surface area (Å²) in [5.41, 5.74) is 1.56. The lowest BCUT2D eigenvalue weighted by Crippen LogP contribution is -2.41. The van der Waals surface area contributed by atoms with Gasteiger partial charge in [-0.25, -0.2) is 23.7 Å². The number of methoxy groups -OCH3 is 2. The van der Waals surface area contributed by atoms with Gasteiger partial charge in [0, 0.05) is 62.6 Å². The topological polar surface area (TPSA) is 114 Å². The Hall–Kier alpha value is -5.04. The van der Waals surface area contributed by atoms with Gasteiger partial charge in [0.05, 0.1) is 30.5 Å². The summed E-state index contributed by atoms with van der Waals surface area (Å²) in [6, 6.07) is 11.6. The lowest BCUT2D eigenvalue weighted by molar-refractivity contribution is -0.126. The average molecular weight is 632 g/mol. The molecule has 0 spiro atoms. The van der Waals surface area contributed by atoms with Crippen molar-refractivity contribution in [2.24, 2.45) is 0 Å². The first-order chi connectivity index (χ1) is 22.3. The number of pyridine rings is 1. The molecule has 4 aromatic rings. The number of carbonyl (C=O) groups excluding carboxylic acids is 1. The number of rotatable bonds is 10. The quantitative estimate of drug-likeness (QED) is 0.219. The van der Waals surface area contributed by atoms with Crippen molar-refractivity contribution in [3.63, 3.8) is 0 Å². The molecule has 2 aromatic heterocycles. The number of ether oxygens (including phenoxy) is 3. The van der Waals surface area contributed by atoms with Crippen LogP contribution in [0.3, 0.4) is 0 Å². The van der Waals surface area contributed by atoms with Crippen molar-refractivity contribution in [3.8, 4) is 17.2 Å². The molecule has 4 heterocycles.